The Bertz CT molecular complexity index is 906. The lowest BCUT2D eigenvalue weighted by molar-refractivity contribution is 0.597. The molecule has 0 unspecified atom stereocenters. The van der Waals surface area contributed by atoms with Crippen LogP contribution in [0.5, 0.6) is 0 Å². The normalized spacial score (nSPS) is 11.4. The Morgan fingerprint density at radius 2 is 1.88 bits per heavy atom. The minimum absolute atomic E-state index is 0.000898. The van der Waals surface area contributed by atoms with E-state index in [0.29, 0.717) is 6.54 Å². The summed E-state index contributed by atoms with van der Waals surface area (Å²) in [6.45, 7) is 0.542. The Hall–Kier alpha value is -2.71. The summed E-state index contributed by atoms with van der Waals surface area (Å²) in [5.41, 5.74) is 2.10. The third-order valence-corrected chi connectivity index (χ3v) is 4.43. The molecule has 2 aromatic heterocycles. The van der Waals surface area contributed by atoms with Gasteiger partial charge in [-0.1, -0.05) is 12.1 Å². The van der Waals surface area contributed by atoms with Crippen LogP contribution in [0, 0.1) is 0 Å². The summed E-state index contributed by atoms with van der Waals surface area (Å²) in [5, 5.41) is 12.4. The van der Waals surface area contributed by atoms with Crippen molar-refractivity contribution in [2.24, 2.45) is 5.14 Å². The fourth-order valence-electron chi connectivity index (χ4n) is 2.32. The number of anilines is 1. The van der Waals surface area contributed by atoms with Crippen molar-refractivity contribution in [1.29, 1.82) is 0 Å². The van der Waals surface area contributed by atoms with Crippen LogP contribution in [-0.2, 0) is 16.4 Å². The van der Waals surface area contributed by atoms with E-state index in [1.165, 1.54) is 12.3 Å². The molecular weight excluding hydrogens is 326 g/mol. The van der Waals surface area contributed by atoms with E-state index in [2.05, 4.69) is 15.4 Å². The molecule has 0 aliphatic rings. The highest BCUT2D eigenvalue weighted by Gasteiger charge is 2.13. The van der Waals surface area contributed by atoms with Gasteiger partial charge in [0.15, 0.2) is 0 Å². The lowest BCUT2D eigenvalue weighted by Gasteiger charge is -2.09. The van der Waals surface area contributed by atoms with Crippen LogP contribution in [0.3, 0.4) is 0 Å². The van der Waals surface area contributed by atoms with Crippen LogP contribution < -0.4 is 10.5 Å². The number of rotatable bonds is 6. The topological polar surface area (TPSA) is 103 Å². The van der Waals surface area contributed by atoms with Gasteiger partial charge in [0.25, 0.3) is 0 Å². The molecule has 3 N–H and O–H groups in total. The zero-order chi connectivity index (χ0) is 17.0. The van der Waals surface area contributed by atoms with E-state index in [1.54, 1.807) is 16.9 Å². The van der Waals surface area contributed by atoms with Crippen molar-refractivity contribution < 1.29 is 8.42 Å². The molecule has 0 spiro atoms. The first-order chi connectivity index (χ1) is 11.5. The quantitative estimate of drug-likeness (QED) is 0.707. The van der Waals surface area contributed by atoms with Gasteiger partial charge in [-0.05, 0) is 42.3 Å². The molecule has 7 nitrogen and oxygen atoms in total. The van der Waals surface area contributed by atoms with Crippen LogP contribution in [-0.4, -0.2) is 29.7 Å². The van der Waals surface area contributed by atoms with E-state index in [-0.39, 0.29) is 10.7 Å². The SMILES string of the molecule is NS(=O)(=O)c1cccnc1NCCc1ccc(-n2cccn2)cc1. The largest absolute Gasteiger partial charge is 0.369 e. The van der Waals surface area contributed by atoms with Gasteiger partial charge in [0.1, 0.15) is 10.7 Å². The zero-order valence-electron chi connectivity index (χ0n) is 12.8. The van der Waals surface area contributed by atoms with Gasteiger partial charge in [0, 0.05) is 25.1 Å². The maximum absolute atomic E-state index is 11.5. The van der Waals surface area contributed by atoms with Crippen LogP contribution >= 0.6 is 0 Å². The first-order valence-corrected chi connectivity index (χ1v) is 8.89. The molecule has 0 atom stereocenters. The molecular formula is C16H17N5O2S. The molecule has 24 heavy (non-hydrogen) atoms. The molecule has 3 rings (SSSR count). The summed E-state index contributed by atoms with van der Waals surface area (Å²) < 4.78 is 24.8. The lowest BCUT2D eigenvalue weighted by atomic mass is 10.1. The third-order valence-electron chi connectivity index (χ3n) is 3.49. The Morgan fingerprint density at radius 3 is 2.54 bits per heavy atom. The number of nitrogens with one attached hydrogen (secondary N) is 1. The molecule has 0 amide bonds. The van der Waals surface area contributed by atoms with E-state index in [9.17, 15) is 8.42 Å². The smallest absolute Gasteiger partial charge is 0.241 e. The first-order valence-electron chi connectivity index (χ1n) is 7.35. The van der Waals surface area contributed by atoms with Gasteiger partial charge in [-0.15, -0.1) is 0 Å². The van der Waals surface area contributed by atoms with Gasteiger partial charge in [-0.2, -0.15) is 5.10 Å². The van der Waals surface area contributed by atoms with Crippen LogP contribution in [0.25, 0.3) is 5.69 Å². The standard InChI is InChI=1S/C16H17N5O2S/c17-24(22,23)15-3-1-9-18-16(15)19-11-8-13-4-6-14(7-5-13)21-12-2-10-20-21/h1-7,9-10,12H,8,11H2,(H,18,19)(H2,17,22,23). The van der Waals surface area contributed by atoms with Crippen LogP contribution in [0.2, 0.25) is 0 Å². The van der Waals surface area contributed by atoms with E-state index >= 15 is 0 Å². The predicted molar refractivity (Wildman–Crippen MR) is 91.4 cm³/mol. The summed E-state index contributed by atoms with van der Waals surface area (Å²) in [6.07, 6.45) is 5.86. The second-order valence-electron chi connectivity index (χ2n) is 5.19. The van der Waals surface area contributed by atoms with Crippen LogP contribution in [0.4, 0.5) is 5.82 Å². The first kappa shape index (κ1) is 16.2. The molecule has 124 valence electrons. The number of hydrogen-bond donors (Lipinski definition) is 2. The number of benzene rings is 1. The number of sulfonamides is 1. The second-order valence-corrected chi connectivity index (χ2v) is 6.72. The van der Waals surface area contributed by atoms with Crippen molar-refractivity contribution in [3.05, 3.63) is 66.6 Å². The Balaban J connectivity index is 1.63. The van der Waals surface area contributed by atoms with Crippen LogP contribution in [0.15, 0.2) is 66.0 Å². The van der Waals surface area contributed by atoms with Crippen molar-refractivity contribution in [3.63, 3.8) is 0 Å². The number of hydrogen-bond acceptors (Lipinski definition) is 5. The fraction of sp³-hybridized carbons (Fsp3) is 0.125. The minimum Gasteiger partial charge on any atom is -0.369 e. The molecule has 0 bridgehead atoms. The molecule has 2 heterocycles. The number of primary sulfonamides is 1. The highest BCUT2D eigenvalue weighted by molar-refractivity contribution is 7.89. The highest BCUT2D eigenvalue weighted by atomic mass is 32.2. The van der Waals surface area contributed by atoms with Gasteiger partial charge in [-0.25, -0.2) is 23.2 Å². The molecule has 0 radical (unpaired) electrons. The van der Waals surface area contributed by atoms with Gasteiger partial charge < -0.3 is 5.32 Å². The fourth-order valence-corrected chi connectivity index (χ4v) is 2.98. The number of aromatic nitrogens is 3. The second kappa shape index (κ2) is 6.81. The molecule has 1 aromatic carbocycles. The van der Waals surface area contributed by atoms with Gasteiger partial charge >= 0.3 is 0 Å². The number of nitrogens with zero attached hydrogens (tertiary/aromatic N) is 3. The van der Waals surface area contributed by atoms with Gasteiger partial charge in [-0.3, -0.25) is 0 Å². The van der Waals surface area contributed by atoms with Crippen molar-refractivity contribution >= 4 is 15.8 Å². The average molecular weight is 343 g/mol. The van der Waals surface area contributed by atoms with Crippen molar-refractivity contribution in [3.8, 4) is 5.69 Å². The number of nitrogens with two attached hydrogens (primary N) is 1. The zero-order valence-corrected chi connectivity index (χ0v) is 13.6. The monoisotopic (exact) mass is 343 g/mol. The summed E-state index contributed by atoms with van der Waals surface area (Å²) in [6, 6.07) is 12.8. The summed E-state index contributed by atoms with van der Waals surface area (Å²) in [5.74, 6) is 0.271. The van der Waals surface area contributed by atoms with Crippen LogP contribution in [0.1, 0.15) is 5.56 Å². The molecule has 0 aliphatic carbocycles. The van der Waals surface area contributed by atoms with Gasteiger partial charge in [0.2, 0.25) is 10.0 Å². The third kappa shape index (κ3) is 3.79. The molecule has 0 saturated heterocycles. The van der Waals surface area contributed by atoms with Crippen molar-refractivity contribution in [1.82, 2.24) is 14.8 Å². The van der Waals surface area contributed by atoms with Crippen molar-refractivity contribution in [2.45, 2.75) is 11.3 Å². The summed E-state index contributed by atoms with van der Waals surface area (Å²) >= 11 is 0. The molecule has 3 aromatic rings. The summed E-state index contributed by atoms with van der Waals surface area (Å²) in [7, 11) is -3.79. The van der Waals surface area contributed by atoms with Crippen molar-refractivity contribution in [2.75, 3.05) is 11.9 Å². The van der Waals surface area contributed by atoms with E-state index < -0.39 is 10.0 Å². The Morgan fingerprint density at radius 1 is 1.08 bits per heavy atom. The average Bonchev–Trinajstić information content (AvgIpc) is 3.09. The maximum Gasteiger partial charge on any atom is 0.241 e. The van der Waals surface area contributed by atoms with E-state index in [0.717, 1.165) is 17.7 Å². The Labute approximate surface area is 140 Å². The van der Waals surface area contributed by atoms with Gasteiger partial charge in [0.05, 0.1) is 5.69 Å². The molecule has 0 fully saturated rings. The number of pyridine rings is 1. The highest BCUT2D eigenvalue weighted by Crippen LogP contribution is 2.16. The van der Waals surface area contributed by atoms with E-state index in [1.807, 2.05) is 36.5 Å². The molecule has 0 saturated carbocycles. The summed E-state index contributed by atoms with van der Waals surface area (Å²) in [4.78, 5) is 4.04. The minimum atomic E-state index is -3.79. The predicted octanol–water partition coefficient (Wildman–Crippen LogP) is 1.57. The molecule has 0 aliphatic heterocycles. The maximum atomic E-state index is 11.5. The Kier molecular flexibility index (Phi) is 4.59. The lowest BCUT2D eigenvalue weighted by Crippen LogP contribution is -2.16. The molecule has 8 heteroatoms. The van der Waals surface area contributed by atoms with E-state index in [4.69, 9.17) is 5.14 Å².